The van der Waals surface area contributed by atoms with Gasteiger partial charge in [-0.15, -0.1) is 0 Å². The predicted molar refractivity (Wildman–Crippen MR) is 64.7 cm³/mol. The molecule has 0 fully saturated rings. The number of alkyl halides is 3. The second-order valence-electron chi connectivity index (χ2n) is 4.04. The first-order valence-electron chi connectivity index (χ1n) is 5.58. The summed E-state index contributed by atoms with van der Waals surface area (Å²) in [7, 11) is 0. The van der Waals surface area contributed by atoms with Crippen LogP contribution >= 0.6 is 0 Å². The van der Waals surface area contributed by atoms with Gasteiger partial charge in [-0.2, -0.15) is 13.2 Å². The van der Waals surface area contributed by atoms with Crippen LogP contribution in [0.2, 0.25) is 0 Å². The topological polar surface area (TPSA) is 26.0 Å². The molecule has 0 bridgehead atoms. The third kappa shape index (κ3) is 2.76. The number of benzene rings is 2. The third-order valence-corrected chi connectivity index (χ3v) is 2.84. The molecule has 0 spiro atoms. The Balaban J connectivity index is 2.61. The van der Waals surface area contributed by atoms with Crippen molar-refractivity contribution in [3.05, 3.63) is 59.4 Å². The average molecular weight is 269 g/mol. The second-order valence-corrected chi connectivity index (χ2v) is 4.04. The fourth-order valence-corrected chi connectivity index (χ4v) is 1.97. The van der Waals surface area contributed by atoms with Gasteiger partial charge < -0.3 is 5.73 Å². The summed E-state index contributed by atoms with van der Waals surface area (Å²) in [5.74, 6) is -0.440. The van der Waals surface area contributed by atoms with E-state index in [1.165, 1.54) is 30.3 Å². The molecule has 0 heterocycles. The molecule has 0 saturated carbocycles. The van der Waals surface area contributed by atoms with E-state index in [4.69, 9.17) is 5.73 Å². The van der Waals surface area contributed by atoms with Crippen molar-refractivity contribution in [2.45, 2.75) is 12.7 Å². The van der Waals surface area contributed by atoms with Gasteiger partial charge in [0.2, 0.25) is 0 Å². The molecular formula is C14H11F4N. The first kappa shape index (κ1) is 13.5. The molecule has 0 atom stereocenters. The molecule has 1 nitrogen and oxygen atoms in total. The van der Waals surface area contributed by atoms with E-state index < -0.39 is 17.6 Å². The zero-order valence-electron chi connectivity index (χ0n) is 9.84. The maximum absolute atomic E-state index is 12.9. The Morgan fingerprint density at radius 3 is 2.11 bits per heavy atom. The smallest absolute Gasteiger partial charge is 0.326 e. The number of hydrogen-bond donors (Lipinski definition) is 1. The SMILES string of the molecule is NCc1c(-c2ccc(F)cc2)cccc1C(F)(F)F. The lowest BCUT2D eigenvalue weighted by molar-refractivity contribution is -0.138. The normalized spacial score (nSPS) is 11.6. The Morgan fingerprint density at radius 2 is 1.58 bits per heavy atom. The minimum Gasteiger partial charge on any atom is -0.326 e. The highest BCUT2D eigenvalue weighted by Gasteiger charge is 2.33. The Kier molecular flexibility index (Phi) is 3.57. The third-order valence-electron chi connectivity index (χ3n) is 2.84. The summed E-state index contributed by atoms with van der Waals surface area (Å²) in [6.07, 6.45) is -4.45. The molecule has 0 unspecified atom stereocenters. The number of hydrogen-bond acceptors (Lipinski definition) is 1. The van der Waals surface area contributed by atoms with Gasteiger partial charge in [-0.1, -0.05) is 24.3 Å². The lowest BCUT2D eigenvalue weighted by Crippen LogP contribution is -2.13. The van der Waals surface area contributed by atoms with E-state index in [1.807, 2.05) is 0 Å². The summed E-state index contributed by atoms with van der Waals surface area (Å²) >= 11 is 0. The largest absolute Gasteiger partial charge is 0.416 e. The molecular weight excluding hydrogens is 258 g/mol. The van der Waals surface area contributed by atoms with Crippen molar-refractivity contribution < 1.29 is 17.6 Å². The molecule has 0 aliphatic carbocycles. The van der Waals surface area contributed by atoms with Crippen LogP contribution in [0.4, 0.5) is 17.6 Å². The van der Waals surface area contributed by atoms with Crippen molar-refractivity contribution in [3.63, 3.8) is 0 Å². The van der Waals surface area contributed by atoms with E-state index in [1.54, 1.807) is 6.07 Å². The van der Waals surface area contributed by atoms with Gasteiger partial charge in [-0.3, -0.25) is 0 Å². The van der Waals surface area contributed by atoms with E-state index in [0.717, 1.165) is 6.07 Å². The van der Waals surface area contributed by atoms with Gasteiger partial charge >= 0.3 is 6.18 Å². The second kappa shape index (κ2) is 5.01. The van der Waals surface area contributed by atoms with Crippen LogP contribution < -0.4 is 5.73 Å². The molecule has 5 heteroatoms. The van der Waals surface area contributed by atoms with Gasteiger partial charge in [0.15, 0.2) is 0 Å². The van der Waals surface area contributed by atoms with Gasteiger partial charge in [0.1, 0.15) is 5.82 Å². The van der Waals surface area contributed by atoms with Gasteiger partial charge in [0.05, 0.1) is 5.56 Å². The zero-order chi connectivity index (χ0) is 14.0. The number of nitrogens with two attached hydrogens (primary N) is 1. The van der Waals surface area contributed by atoms with Crippen LogP contribution in [0.25, 0.3) is 11.1 Å². The number of halogens is 4. The summed E-state index contributed by atoms with van der Waals surface area (Å²) < 4.78 is 51.5. The first-order chi connectivity index (χ1) is 8.93. The standard InChI is InChI=1S/C14H11F4N/c15-10-6-4-9(5-7-10)11-2-1-3-13(12(11)8-19)14(16,17)18/h1-7H,8,19H2. The summed E-state index contributed by atoms with van der Waals surface area (Å²) in [6, 6.07) is 9.14. The van der Waals surface area contributed by atoms with Gasteiger partial charge in [0.25, 0.3) is 0 Å². The monoisotopic (exact) mass is 269 g/mol. The van der Waals surface area contributed by atoms with Crippen molar-refractivity contribution >= 4 is 0 Å². The van der Waals surface area contributed by atoms with Crippen LogP contribution in [0.3, 0.4) is 0 Å². The van der Waals surface area contributed by atoms with Crippen LogP contribution in [0.1, 0.15) is 11.1 Å². The average Bonchev–Trinajstić information content (AvgIpc) is 2.37. The highest BCUT2D eigenvalue weighted by molar-refractivity contribution is 5.69. The quantitative estimate of drug-likeness (QED) is 0.820. The molecule has 2 rings (SSSR count). The summed E-state index contributed by atoms with van der Waals surface area (Å²) in [6.45, 7) is -0.234. The molecule has 0 aromatic heterocycles. The first-order valence-corrected chi connectivity index (χ1v) is 5.58. The Labute approximate surface area is 107 Å². The Morgan fingerprint density at radius 1 is 0.947 bits per heavy atom. The van der Waals surface area contributed by atoms with E-state index in [0.29, 0.717) is 11.1 Å². The molecule has 19 heavy (non-hydrogen) atoms. The summed E-state index contributed by atoms with van der Waals surface area (Å²) in [5, 5.41) is 0. The molecule has 0 amide bonds. The molecule has 2 aromatic rings. The van der Waals surface area contributed by atoms with Gasteiger partial charge in [-0.05, 0) is 34.9 Å². The fraction of sp³-hybridized carbons (Fsp3) is 0.143. The molecule has 0 saturated heterocycles. The van der Waals surface area contributed by atoms with Crippen LogP contribution in [-0.4, -0.2) is 0 Å². The summed E-state index contributed by atoms with van der Waals surface area (Å²) in [4.78, 5) is 0. The fourth-order valence-electron chi connectivity index (χ4n) is 1.97. The minimum absolute atomic E-state index is 0.0154. The maximum Gasteiger partial charge on any atom is 0.416 e. The maximum atomic E-state index is 12.9. The van der Waals surface area contributed by atoms with Crippen LogP contribution in [-0.2, 0) is 12.7 Å². The molecule has 2 N–H and O–H groups in total. The predicted octanol–water partition coefficient (Wildman–Crippen LogP) is 3.97. The Bertz CT molecular complexity index is 573. The van der Waals surface area contributed by atoms with Crippen LogP contribution in [0, 0.1) is 5.82 Å². The van der Waals surface area contributed by atoms with Crippen LogP contribution in [0.15, 0.2) is 42.5 Å². The van der Waals surface area contributed by atoms with E-state index in [-0.39, 0.29) is 12.1 Å². The van der Waals surface area contributed by atoms with Gasteiger partial charge in [0, 0.05) is 6.54 Å². The molecule has 100 valence electrons. The van der Waals surface area contributed by atoms with Crippen molar-refractivity contribution in [1.82, 2.24) is 0 Å². The van der Waals surface area contributed by atoms with Gasteiger partial charge in [-0.25, -0.2) is 4.39 Å². The van der Waals surface area contributed by atoms with Crippen LogP contribution in [0.5, 0.6) is 0 Å². The summed E-state index contributed by atoms with van der Waals surface area (Å²) in [5.41, 5.74) is 5.58. The lowest BCUT2D eigenvalue weighted by Gasteiger charge is -2.15. The highest BCUT2D eigenvalue weighted by Crippen LogP contribution is 2.36. The molecule has 0 aliphatic heterocycles. The van der Waals surface area contributed by atoms with Crippen molar-refractivity contribution in [1.29, 1.82) is 0 Å². The van der Waals surface area contributed by atoms with Crippen molar-refractivity contribution in [2.24, 2.45) is 5.73 Å². The zero-order valence-corrected chi connectivity index (χ0v) is 9.84. The van der Waals surface area contributed by atoms with E-state index in [9.17, 15) is 17.6 Å². The van der Waals surface area contributed by atoms with E-state index >= 15 is 0 Å². The number of rotatable bonds is 2. The van der Waals surface area contributed by atoms with Crippen molar-refractivity contribution in [3.8, 4) is 11.1 Å². The molecule has 2 aromatic carbocycles. The van der Waals surface area contributed by atoms with Crippen molar-refractivity contribution in [2.75, 3.05) is 0 Å². The Hall–Kier alpha value is -1.88. The molecule has 0 aliphatic rings. The highest BCUT2D eigenvalue weighted by atomic mass is 19.4. The van der Waals surface area contributed by atoms with E-state index in [2.05, 4.69) is 0 Å². The lowest BCUT2D eigenvalue weighted by atomic mass is 9.95. The molecule has 0 radical (unpaired) electrons. The minimum atomic E-state index is -4.45.